The first-order chi connectivity index (χ1) is 14.3. The van der Waals surface area contributed by atoms with Crippen LogP contribution in [0.25, 0.3) is 0 Å². The van der Waals surface area contributed by atoms with Gasteiger partial charge in [0.25, 0.3) is 15.9 Å². The standard InChI is InChI=1S/C21H25BrN2O5S/c1-3-28-20-10-9-16(13-19(20)22)23-30(26,27)18-8-4-6-15(12-18)21(25)24(2)14-17-7-5-11-29-17/h4,6,8-10,12-13,17,23H,3,5,7,11,14H2,1-2H3. The van der Waals surface area contributed by atoms with E-state index >= 15 is 0 Å². The minimum absolute atomic E-state index is 0.0175. The molecule has 0 bridgehead atoms. The van der Waals surface area contributed by atoms with E-state index in [-0.39, 0.29) is 16.9 Å². The monoisotopic (exact) mass is 496 g/mol. The van der Waals surface area contributed by atoms with E-state index in [1.54, 1.807) is 42.3 Å². The number of hydrogen-bond acceptors (Lipinski definition) is 5. The van der Waals surface area contributed by atoms with Crippen LogP contribution in [0, 0.1) is 0 Å². The number of halogens is 1. The fourth-order valence-electron chi connectivity index (χ4n) is 3.24. The van der Waals surface area contributed by atoms with Crippen molar-refractivity contribution < 1.29 is 22.7 Å². The van der Waals surface area contributed by atoms with Gasteiger partial charge in [0.1, 0.15) is 5.75 Å². The maximum Gasteiger partial charge on any atom is 0.261 e. The maximum atomic E-state index is 12.8. The van der Waals surface area contributed by atoms with Crippen LogP contribution in [0.2, 0.25) is 0 Å². The molecule has 1 aliphatic heterocycles. The molecule has 0 spiro atoms. The zero-order chi connectivity index (χ0) is 21.7. The molecular formula is C21H25BrN2O5S. The molecule has 162 valence electrons. The number of sulfonamides is 1. The number of rotatable bonds is 8. The molecule has 0 saturated carbocycles. The van der Waals surface area contributed by atoms with Gasteiger partial charge in [0.05, 0.1) is 27.8 Å². The number of benzene rings is 2. The highest BCUT2D eigenvalue weighted by Crippen LogP contribution is 2.29. The van der Waals surface area contributed by atoms with Crippen LogP contribution in [0.1, 0.15) is 30.1 Å². The van der Waals surface area contributed by atoms with Gasteiger partial charge < -0.3 is 14.4 Å². The predicted octanol–water partition coefficient (Wildman–Crippen LogP) is 3.90. The highest BCUT2D eigenvalue weighted by molar-refractivity contribution is 9.10. The number of ether oxygens (including phenoxy) is 2. The molecule has 0 aromatic heterocycles. The zero-order valence-corrected chi connectivity index (χ0v) is 19.3. The second-order valence-corrected chi connectivity index (χ2v) is 9.57. The molecule has 1 saturated heterocycles. The lowest BCUT2D eigenvalue weighted by Gasteiger charge is -2.21. The van der Waals surface area contributed by atoms with E-state index in [1.165, 1.54) is 12.1 Å². The summed E-state index contributed by atoms with van der Waals surface area (Å²) in [5.41, 5.74) is 0.698. The number of nitrogens with zero attached hydrogens (tertiary/aromatic N) is 1. The van der Waals surface area contributed by atoms with Gasteiger partial charge >= 0.3 is 0 Å². The Kier molecular flexibility index (Phi) is 7.38. The van der Waals surface area contributed by atoms with Gasteiger partial charge in [0.2, 0.25) is 0 Å². The lowest BCUT2D eigenvalue weighted by Crippen LogP contribution is -2.34. The lowest BCUT2D eigenvalue weighted by molar-refractivity contribution is 0.0587. The summed E-state index contributed by atoms with van der Waals surface area (Å²) in [5, 5.41) is 0. The molecular weight excluding hydrogens is 472 g/mol. The number of amides is 1. The Bertz CT molecular complexity index is 1010. The van der Waals surface area contributed by atoms with Crippen LogP contribution in [0.3, 0.4) is 0 Å². The first kappa shape index (κ1) is 22.6. The van der Waals surface area contributed by atoms with Gasteiger partial charge in [-0.05, 0) is 72.1 Å². The molecule has 1 unspecified atom stereocenters. The fraction of sp³-hybridized carbons (Fsp3) is 0.381. The van der Waals surface area contributed by atoms with Crippen LogP contribution < -0.4 is 9.46 Å². The summed E-state index contributed by atoms with van der Waals surface area (Å²) in [7, 11) is -2.17. The largest absolute Gasteiger partial charge is 0.493 e. The Morgan fingerprint density at radius 2 is 2.10 bits per heavy atom. The SMILES string of the molecule is CCOc1ccc(NS(=O)(=O)c2cccc(C(=O)N(C)CC3CCCO3)c2)cc1Br. The van der Waals surface area contributed by atoms with Gasteiger partial charge in [0, 0.05) is 25.8 Å². The molecule has 7 nitrogen and oxygen atoms in total. The van der Waals surface area contributed by atoms with Gasteiger partial charge in [-0.1, -0.05) is 6.07 Å². The molecule has 1 amide bonds. The summed E-state index contributed by atoms with van der Waals surface area (Å²) in [5.74, 6) is 0.383. The van der Waals surface area contributed by atoms with Crippen molar-refractivity contribution in [2.45, 2.75) is 30.8 Å². The Hall–Kier alpha value is -2.10. The molecule has 0 aliphatic carbocycles. The van der Waals surface area contributed by atoms with E-state index in [0.29, 0.717) is 41.2 Å². The highest BCUT2D eigenvalue weighted by atomic mass is 79.9. The average molecular weight is 497 g/mol. The average Bonchev–Trinajstić information content (AvgIpc) is 3.22. The van der Waals surface area contributed by atoms with E-state index < -0.39 is 10.0 Å². The lowest BCUT2D eigenvalue weighted by atomic mass is 10.2. The van der Waals surface area contributed by atoms with Crippen molar-refractivity contribution in [3.05, 3.63) is 52.5 Å². The summed E-state index contributed by atoms with van der Waals surface area (Å²) < 4.78 is 39.9. The summed E-state index contributed by atoms with van der Waals surface area (Å²) >= 11 is 3.37. The third-order valence-corrected chi connectivity index (χ3v) is 6.72. The van der Waals surface area contributed by atoms with E-state index in [2.05, 4.69) is 20.7 Å². The van der Waals surface area contributed by atoms with Crippen molar-refractivity contribution in [3.63, 3.8) is 0 Å². The number of carbonyl (C=O) groups excluding carboxylic acids is 1. The fourth-order valence-corrected chi connectivity index (χ4v) is 4.83. The minimum Gasteiger partial charge on any atom is -0.493 e. The second-order valence-electron chi connectivity index (χ2n) is 7.03. The van der Waals surface area contributed by atoms with Crippen LogP contribution in [-0.2, 0) is 14.8 Å². The predicted molar refractivity (Wildman–Crippen MR) is 118 cm³/mol. The van der Waals surface area contributed by atoms with Crippen LogP contribution in [0.15, 0.2) is 51.8 Å². The molecule has 1 N–H and O–H groups in total. The van der Waals surface area contributed by atoms with Crippen molar-refractivity contribution in [3.8, 4) is 5.75 Å². The first-order valence-corrected chi connectivity index (χ1v) is 12.0. The maximum absolute atomic E-state index is 12.8. The number of likely N-dealkylation sites (N-methyl/N-ethyl adjacent to an activating group) is 1. The number of hydrogen-bond donors (Lipinski definition) is 1. The van der Waals surface area contributed by atoms with Crippen LogP contribution in [0.4, 0.5) is 5.69 Å². The van der Waals surface area contributed by atoms with Crippen molar-refractivity contribution in [1.82, 2.24) is 4.90 Å². The molecule has 1 heterocycles. The van der Waals surface area contributed by atoms with Gasteiger partial charge in [-0.2, -0.15) is 0 Å². The Labute approximate surface area is 185 Å². The molecule has 9 heteroatoms. The molecule has 1 fully saturated rings. The van der Waals surface area contributed by atoms with Crippen molar-refractivity contribution in [2.75, 3.05) is 31.5 Å². The van der Waals surface area contributed by atoms with Gasteiger partial charge in [-0.3, -0.25) is 9.52 Å². The summed E-state index contributed by atoms with van der Waals surface area (Å²) in [6.07, 6.45) is 1.95. The normalized spacial score (nSPS) is 16.3. The summed E-state index contributed by atoms with van der Waals surface area (Å²) in [4.78, 5) is 14.3. The summed E-state index contributed by atoms with van der Waals surface area (Å²) in [6.45, 7) is 3.57. The number of anilines is 1. The molecule has 0 radical (unpaired) electrons. The van der Waals surface area contributed by atoms with Crippen molar-refractivity contribution in [1.29, 1.82) is 0 Å². The highest BCUT2D eigenvalue weighted by Gasteiger charge is 2.22. The smallest absolute Gasteiger partial charge is 0.261 e. The van der Waals surface area contributed by atoms with Gasteiger partial charge in [-0.25, -0.2) is 8.42 Å². The number of nitrogens with one attached hydrogen (secondary N) is 1. The number of carbonyl (C=O) groups is 1. The van der Waals surface area contributed by atoms with E-state index in [9.17, 15) is 13.2 Å². The molecule has 2 aromatic carbocycles. The molecule has 3 rings (SSSR count). The third-order valence-electron chi connectivity index (χ3n) is 4.72. The summed E-state index contributed by atoms with van der Waals surface area (Å²) in [6, 6.07) is 11.0. The first-order valence-electron chi connectivity index (χ1n) is 9.72. The van der Waals surface area contributed by atoms with Crippen LogP contribution >= 0.6 is 15.9 Å². The van der Waals surface area contributed by atoms with E-state index in [1.807, 2.05) is 6.92 Å². The van der Waals surface area contributed by atoms with Crippen LogP contribution in [0.5, 0.6) is 5.75 Å². The zero-order valence-electron chi connectivity index (χ0n) is 16.9. The van der Waals surface area contributed by atoms with Crippen molar-refractivity contribution >= 4 is 37.5 Å². The molecule has 1 atom stereocenters. The molecule has 30 heavy (non-hydrogen) atoms. The molecule has 2 aromatic rings. The van der Waals surface area contributed by atoms with Crippen LogP contribution in [-0.4, -0.2) is 52.1 Å². The Balaban J connectivity index is 1.75. The third kappa shape index (κ3) is 5.53. The van der Waals surface area contributed by atoms with Crippen molar-refractivity contribution in [2.24, 2.45) is 0 Å². The quantitative estimate of drug-likeness (QED) is 0.598. The Morgan fingerprint density at radius 3 is 2.77 bits per heavy atom. The van der Waals surface area contributed by atoms with Gasteiger partial charge in [-0.15, -0.1) is 0 Å². The Morgan fingerprint density at radius 1 is 1.30 bits per heavy atom. The minimum atomic E-state index is -3.87. The second kappa shape index (κ2) is 9.80. The molecule has 1 aliphatic rings. The van der Waals surface area contributed by atoms with E-state index in [0.717, 1.165) is 12.8 Å². The van der Waals surface area contributed by atoms with E-state index in [4.69, 9.17) is 9.47 Å². The van der Waals surface area contributed by atoms with Gasteiger partial charge in [0.15, 0.2) is 0 Å². The topological polar surface area (TPSA) is 84.9 Å².